The van der Waals surface area contributed by atoms with Crippen molar-refractivity contribution < 1.29 is 27.6 Å². The number of hydrogen-bond acceptors (Lipinski definition) is 5. The molecular weight excluding hydrogens is 296 g/mol. The Morgan fingerprint density at radius 2 is 1.76 bits per heavy atom. The summed E-state index contributed by atoms with van der Waals surface area (Å²) in [7, 11) is -3.32. The summed E-state index contributed by atoms with van der Waals surface area (Å²) in [6.07, 6.45) is 0. The topological polar surface area (TPSA) is 101 Å². The minimum absolute atomic E-state index is 0.156. The predicted molar refractivity (Wildman–Crippen MR) is 74.3 cm³/mol. The van der Waals surface area contributed by atoms with Crippen molar-refractivity contribution in [1.82, 2.24) is 0 Å². The summed E-state index contributed by atoms with van der Waals surface area (Å²) in [5.74, 6) is -1.24. The van der Waals surface area contributed by atoms with Gasteiger partial charge < -0.3 is 9.84 Å². The van der Waals surface area contributed by atoms with E-state index in [9.17, 15) is 18.3 Å². The molecule has 0 aliphatic heterocycles. The maximum Gasteiger partial charge on any atom is 0.294 e. The first kappa shape index (κ1) is 15.0. The molecule has 6 nitrogen and oxygen atoms in total. The van der Waals surface area contributed by atoms with Crippen LogP contribution in [0.25, 0.3) is 0 Å². The Hall–Kier alpha value is -2.38. The molecule has 0 aliphatic rings. The van der Waals surface area contributed by atoms with Gasteiger partial charge in [0.2, 0.25) is 0 Å². The number of hydrogen-bond donors (Lipinski definition) is 2. The molecule has 0 heterocycles. The fourth-order valence-electron chi connectivity index (χ4n) is 1.86. The summed E-state index contributed by atoms with van der Waals surface area (Å²) in [6, 6.07) is 9.87. The van der Waals surface area contributed by atoms with Gasteiger partial charge in [-0.3, -0.25) is 9.35 Å². The highest BCUT2D eigenvalue weighted by Crippen LogP contribution is 2.34. The van der Waals surface area contributed by atoms with Crippen molar-refractivity contribution in [1.29, 1.82) is 0 Å². The van der Waals surface area contributed by atoms with E-state index in [1.807, 2.05) is 0 Å². The molecule has 0 radical (unpaired) electrons. The first-order valence-corrected chi connectivity index (χ1v) is 7.27. The second-order valence-corrected chi connectivity index (χ2v) is 5.61. The first-order chi connectivity index (χ1) is 9.84. The number of ether oxygens (including phenoxy) is 1. The Labute approximate surface area is 121 Å². The SMILES string of the molecule is COc1c(O)cc(S(=O)(=O)O)cc1C(=O)c1ccccc1. The zero-order valence-electron chi connectivity index (χ0n) is 11.0. The van der Waals surface area contributed by atoms with E-state index in [2.05, 4.69) is 0 Å². The maximum atomic E-state index is 12.4. The molecule has 2 rings (SSSR count). The van der Waals surface area contributed by atoms with Crippen LogP contribution in [0.4, 0.5) is 0 Å². The van der Waals surface area contributed by atoms with E-state index in [0.717, 1.165) is 12.1 Å². The zero-order valence-corrected chi connectivity index (χ0v) is 11.8. The molecule has 0 fully saturated rings. The number of benzene rings is 2. The minimum atomic E-state index is -4.56. The number of methoxy groups -OCH3 is 1. The maximum absolute atomic E-state index is 12.4. The standard InChI is InChI=1S/C14H12O6S/c1-20-14-11(13(16)9-5-3-2-4-6-9)7-10(8-12(14)15)21(17,18)19/h2-8,15H,1H3,(H,17,18,19). The lowest BCUT2D eigenvalue weighted by molar-refractivity contribution is 0.103. The largest absolute Gasteiger partial charge is 0.504 e. The molecule has 0 saturated heterocycles. The van der Waals surface area contributed by atoms with Gasteiger partial charge in [-0.15, -0.1) is 0 Å². The molecule has 0 unspecified atom stereocenters. The van der Waals surface area contributed by atoms with E-state index >= 15 is 0 Å². The lowest BCUT2D eigenvalue weighted by atomic mass is 10.0. The Kier molecular flexibility index (Phi) is 3.97. The monoisotopic (exact) mass is 308 g/mol. The van der Waals surface area contributed by atoms with Gasteiger partial charge in [-0.2, -0.15) is 8.42 Å². The lowest BCUT2D eigenvalue weighted by Gasteiger charge is -2.11. The van der Waals surface area contributed by atoms with E-state index < -0.39 is 26.5 Å². The van der Waals surface area contributed by atoms with Gasteiger partial charge in [-0.1, -0.05) is 30.3 Å². The van der Waals surface area contributed by atoms with Crippen molar-refractivity contribution in [3.05, 3.63) is 53.6 Å². The quantitative estimate of drug-likeness (QED) is 0.660. The third-order valence-electron chi connectivity index (χ3n) is 2.83. The summed E-state index contributed by atoms with van der Waals surface area (Å²) in [5, 5.41) is 9.78. The smallest absolute Gasteiger partial charge is 0.294 e. The second-order valence-electron chi connectivity index (χ2n) is 4.19. The third kappa shape index (κ3) is 3.04. The first-order valence-electron chi connectivity index (χ1n) is 5.83. The van der Waals surface area contributed by atoms with E-state index in [1.165, 1.54) is 7.11 Å². The summed E-state index contributed by atoms with van der Waals surface area (Å²) >= 11 is 0. The van der Waals surface area contributed by atoms with Crippen LogP contribution in [0.3, 0.4) is 0 Å². The van der Waals surface area contributed by atoms with Gasteiger partial charge in [0.1, 0.15) is 0 Å². The molecule has 7 heteroatoms. The Balaban J connectivity index is 2.67. The van der Waals surface area contributed by atoms with Crippen molar-refractivity contribution in [3.8, 4) is 11.5 Å². The van der Waals surface area contributed by atoms with E-state index in [0.29, 0.717) is 5.56 Å². The number of phenols is 1. The summed E-state index contributed by atoms with van der Waals surface area (Å²) < 4.78 is 36.4. The highest BCUT2D eigenvalue weighted by molar-refractivity contribution is 7.85. The molecule has 0 amide bonds. The molecule has 0 aliphatic carbocycles. The van der Waals surface area contributed by atoms with Gasteiger partial charge in [-0.25, -0.2) is 0 Å². The van der Waals surface area contributed by atoms with Crippen LogP contribution in [0.15, 0.2) is 47.4 Å². The van der Waals surface area contributed by atoms with Crippen molar-refractivity contribution in [3.63, 3.8) is 0 Å². The van der Waals surface area contributed by atoms with Crippen LogP contribution in [0, 0.1) is 0 Å². The molecule has 0 bridgehead atoms. The highest BCUT2D eigenvalue weighted by atomic mass is 32.2. The van der Waals surface area contributed by atoms with E-state index in [1.54, 1.807) is 30.3 Å². The van der Waals surface area contributed by atoms with Crippen LogP contribution in [-0.2, 0) is 10.1 Å². The fraction of sp³-hybridized carbons (Fsp3) is 0.0714. The van der Waals surface area contributed by atoms with Gasteiger partial charge in [0.05, 0.1) is 17.6 Å². The van der Waals surface area contributed by atoms with Gasteiger partial charge in [0, 0.05) is 11.6 Å². The summed E-state index contributed by atoms with van der Waals surface area (Å²) in [6.45, 7) is 0. The zero-order chi connectivity index (χ0) is 15.6. The Morgan fingerprint density at radius 3 is 2.29 bits per heavy atom. The van der Waals surface area contributed by atoms with Gasteiger partial charge in [-0.05, 0) is 6.07 Å². The molecule has 2 aromatic rings. The third-order valence-corrected chi connectivity index (χ3v) is 3.66. The van der Waals surface area contributed by atoms with Gasteiger partial charge in [0.25, 0.3) is 10.1 Å². The van der Waals surface area contributed by atoms with E-state index in [4.69, 9.17) is 9.29 Å². The van der Waals surface area contributed by atoms with Crippen LogP contribution in [-0.4, -0.2) is 31.0 Å². The number of carbonyl (C=O) groups excluding carboxylic acids is 1. The second kappa shape index (κ2) is 5.55. The van der Waals surface area contributed by atoms with Crippen LogP contribution < -0.4 is 4.74 Å². The van der Waals surface area contributed by atoms with E-state index in [-0.39, 0.29) is 11.3 Å². The van der Waals surface area contributed by atoms with Crippen molar-refractivity contribution in [2.75, 3.05) is 7.11 Å². The number of rotatable bonds is 4. The molecule has 110 valence electrons. The van der Waals surface area contributed by atoms with Gasteiger partial charge in [0.15, 0.2) is 17.3 Å². The van der Waals surface area contributed by atoms with Crippen LogP contribution >= 0.6 is 0 Å². The molecule has 21 heavy (non-hydrogen) atoms. The Morgan fingerprint density at radius 1 is 1.14 bits per heavy atom. The molecule has 0 saturated carbocycles. The number of aromatic hydroxyl groups is 1. The van der Waals surface area contributed by atoms with Crippen molar-refractivity contribution >= 4 is 15.9 Å². The molecule has 2 N–H and O–H groups in total. The summed E-state index contributed by atoms with van der Waals surface area (Å²) in [5.41, 5.74) is 0.138. The number of carbonyl (C=O) groups is 1. The molecule has 0 atom stereocenters. The fourth-order valence-corrected chi connectivity index (χ4v) is 2.39. The summed E-state index contributed by atoms with van der Waals surface area (Å²) in [4.78, 5) is 11.8. The number of ketones is 1. The average molecular weight is 308 g/mol. The number of phenolic OH excluding ortho intramolecular Hbond substituents is 1. The lowest BCUT2D eigenvalue weighted by Crippen LogP contribution is -2.07. The van der Waals surface area contributed by atoms with Crippen LogP contribution in [0.2, 0.25) is 0 Å². The molecule has 2 aromatic carbocycles. The molecule has 0 aromatic heterocycles. The van der Waals surface area contributed by atoms with Crippen molar-refractivity contribution in [2.45, 2.75) is 4.90 Å². The molecule has 0 spiro atoms. The minimum Gasteiger partial charge on any atom is -0.504 e. The van der Waals surface area contributed by atoms with Crippen LogP contribution in [0.5, 0.6) is 11.5 Å². The Bertz CT molecular complexity index is 781. The highest BCUT2D eigenvalue weighted by Gasteiger charge is 2.22. The predicted octanol–water partition coefficient (Wildman–Crippen LogP) is 1.88. The normalized spacial score (nSPS) is 11.1. The van der Waals surface area contributed by atoms with Gasteiger partial charge >= 0.3 is 0 Å². The van der Waals surface area contributed by atoms with Crippen molar-refractivity contribution in [2.24, 2.45) is 0 Å². The van der Waals surface area contributed by atoms with Crippen LogP contribution in [0.1, 0.15) is 15.9 Å². The molecular formula is C14H12O6S. The average Bonchev–Trinajstić information content (AvgIpc) is 2.45.